The smallest absolute Gasteiger partial charge is 0.206 e. The number of halogens is 2. The zero-order chi connectivity index (χ0) is 15.7. The molecule has 1 unspecified atom stereocenters. The second kappa shape index (κ2) is 6.74. The molecule has 8 heteroatoms. The van der Waals surface area contributed by atoms with E-state index in [1.165, 1.54) is 6.34 Å². The molecule has 23 heavy (non-hydrogen) atoms. The fourth-order valence-corrected chi connectivity index (χ4v) is 3.01. The van der Waals surface area contributed by atoms with Gasteiger partial charge in [0.05, 0.1) is 17.2 Å². The van der Waals surface area contributed by atoms with E-state index in [0.29, 0.717) is 15.6 Å². The van der Waals surface area contributed by atoms with Gasteiger partial charge in [-0.05, 0) is 29.8 Å². The molecule has 1 atom stereocenters. The van der Waals surface area contributed by atoms with E-state index in [0.717, 1.165) is 16.9 Å². The van der Waals surface area contributed by atoms with Gasteiger partial charge in [-0.3, -0.25) is 5.73 Å². The largest absolute Gasteiger partial charge is 0.497 e. The fourth-order valence-electron chi connectivity index (χ4n) is 2.30. The molecule has 1 heterocycles. The highest BCUT2D eigenvalue weighted by atomic mass is 35.5. The average molecular weight is 354 g/mol. The van der Waals surface area contributed by atoms with E-state index in [1.807, 2.05) is 24.3 Å². The number of methoxy groups -OCH3 is 1. The van der Waals surface area contributed by atoms with Crippen LogP contribution >= 0.6 is 23.2 Å². The lowest BCUT2D eigenvalue weighted by molar-refractivity contribution is 0.375. The molecule has 0 spiro atoms. The Hall–Kier alpha value is -1.83. The van der Waals surface area contributed by atoms with E-state index < -0.39 is 5.79 Å². The van der Waals surface area contributed by atoms with Crippen LogP contribution in [0.1, 0.15) is 5.56 Å². The first-order chi connectivity index (χ1) is 10.5. The van der Waals surface area contributed by atoms with Gasteiger partial charge in [-0.2, -0.15) is 5.43 Å². The molecule has 0 aliphatic carbocycles. The van der Waals surface area contributed by atoms with Crippen LogP contribution in [0.15, 0.2) is 41.4 Å². The Labute approximate surface area is 144 Å². The van der Waals surface area contributed by atoms with Gasteiger partial charge >= 0.3 is 0 Å². The molecule has 3 rings (SSSR count). The van der Waals surface area contributed by atoms with Crippen molar-refractivity contribution in [1.29, 1.82) is 0 Å². The van der Waals surface area contributed by atoms with Crippen molar-refractivity contribution in [2.45, 2.75) is 5.79 Å². The normalized spacial score (nSPS) is 19.1. The minimum absolute atomic E-state index is 0. The number of hydrogen-bond acceptors (Lipinski definition) is 6. The van der Waals surface area contributed by atoms with Gasteiger partial charge in [0.15, 0.2) is 0 Å². The van der Waals surface area contributed by atoms with E-state index in [1.54, 1.807) is 19.2 Å². The van der Waals surface area contributed by atoms with Gasteiger partial charge in [-0.15, -0.1) is 0 Å². The molecule has 2 aromatic rings. The quantitative estimate of drug-likeness (QED) is 0.678. The number of nitrogens with two attached hydrogens (primary N) is 1. The predicted molar refractivity (Wildman–Crippen MR) is 94.1 cm³/mol. The number of benzene rings is 2. The highest BCUT2D eigenvalue weighted by Gasteiger charge is 2.30. The van der Waals surface area contributed by atoms with Crippen LogP contribution in [0, 0.1) is 0 Å². The van der Waals surface area contributed by atoms with Gasteiger partial charge in [0.1, 0.15) is 12.1 Å². The molecule has 1 aliphatic rings. The Bertz CT molecular complexity index is 729. The molecule has 0 amide bonds. The summed E-state index contributed by atoms with van der Waals surface area (Å²) in [6.07, 6.45) is 1.48. The van der Waals surface area contributed by atoms with Crippen molar-refractivity contribution in [3.8, 4) is 16.9 Å². The van der Waals surface area contributed by atoms with Crippen molar-refractivity contribution in [3.05, 3.63) is 52.0 Å². The van der Waals surface area contributed by atoms with E-state index in [4.69, 9.17) is 33.7 Å². The number of aliphatic imine (C=N–C) groups is 1. The minimum atomic E-state index is -1.08. The highest BCUT2D eigenvalue weighted by Crippen LogP contribution is 2.38. The molecule has 0 bridgehead atoms. The number of nitrogens with zero attached hydrogens (tertiary/aromatic N) is 1. The molecule has 0 fully saturated rings. The number of hydrogen-bond donors (Lipinski definition) is 4. The van der Waals surface area contributed by atoms with Crippen molar-refractivity contribution < 1.29 is 4.74 Å². The summed E-state index contributed by atoms with van der Waals surface area (Å²) in [6.45, 7) is 0. The van der Waals surface area contributed by atoms with Gasteiger partial charge < -0.3 is 16.3 Å². The third-order valence-corrected chi connectivity index (χ3v) is 4.03. The molecule has 7 N–H and O–H groups in total. The van der Waals surface area contributed by atoms with Crippen LogP contribution < -0.4 is 27.5 Å². The first-order valence-electron chi connectivity index (χ1n) is 6.53. The van der Waals surface area contributed by atoms with E-state index in [-0.39, 0.29) is 6.15 Å². The van der Waals surface area contributed by atoms with Crippen LogP contribution in [-0.2, 0) is 5.79 Å². The Balaban J connectivity index is 0.00000192. The third-order valence-electron chi connectivity index (χ3n) is 3.44. The molecule has 0 saturated carbocycles. The maximum absolute atomic E-state index is 6.42. The zero-order valence-corrected chi connectivity index (χ0v) is 13.9. The second-order valence-electron chi connectivity index (χ2n) is 4.84. The fraction of sp³-hybridized carbons (Fsp3) is 0.133. The summed E-state index contributed by atoms with van der Waals surface area (Å²) in [5.41, 5.74) is 14.0. The number of ether oxygens (including phenoxy) is 1. The monoisotopic (exact) mass is 353 g/mol. The lowest BCUT2D eigenvalue weighted by Crippen LogP contribution is -2.49. The van der Waals surface area contributed by atoms with Crippen molar-refractivity contribution >= 4 is 29.5 Å². The Morgan fingerprint density at radius 2 is 1.87 bits per heavy atom. The third kappa shape index (κ3) is 3.26. The molecular weight excluding hydrogens is 337 g/mol. The molecule has 6 nitrogen and oxygen atoms in total. The van der Waals surface area contributed by atoms with Gasteiger partial charge in [0.25, 0.3) is 0 Å². The lowest BCUT2D eigenvalue weighted by Gasteiger charge is -2.22. The van der Waals surface area contributed by atoms with Crippen molar-refractivity contribution in [2.75, 3.05) is 7.11 Å². The standard InChI is InChI=1S/C15H14Cl2N4O.H3N/c1-22-11-4-2-3-9(5-11)14-12(16)6-10(7-13(14)17)15(18)19-8-20-21-15;/h2-8,21H,18H2,1H3,(H,19,20);1H3. The van der Waals surface area contributed by atoms with E-state index in [9.17, 15) is 0 Å². The summed E-state index contributed by atoms with van der Waals surface area (Å²) >= 11 is 12.8. The molecule has 0 saturated heterocycles. The summed E-state index contributed by atoms with van der Waals surface area (Å²) in [4.78, 5) is 4.14. The summed E-state index contributed by atoms with van der Waals surface area (Å²) in [6, 6.07) is 11.0. The summed E-state index contributed by atoms with van der Waals surface area (Å²) in [7, 11) is 1.61. The first-order valence-corrected chi connectivity index (χ1v) is 7.28. The van der Waals surface area contributed by atoms with Crippen molar-refractivity contribution in [2.24, 2.45) is 10.7 Å². The summed E-state index contributed by atoms with van der Waals surface area (Å²) < 4.78 is 5.23. The molecule has 122 valence electrons. The summed E-state index contributed by atoms with van der Waals surface area (Å²) in [5.74, 6) is -0.351. The zero-order valence-electron chi connectivity index (χ0n) is 12.4. The molecule has 2 aromatic carbocycles. The molecule has 0 aromatic heterocycles. The van der Waals surface area contributed by atoms with E-state index in [2.05, 4.69) is 15.8 Å². The predicted octanol–water partition coefficient (Wildman–Crippen LogP) is 3.04. The number of nitrogens with one attached hydrogen (secondary N) is 2. The van der Waals surface area contributed by atoms with Crippen molar-refractivity contribution in [1.82, 2.24) is 17.0 Å². The molecular formula is C15H17Cl2N5O. The van der Waals surface area contributed by atoms with Crippen LogP contribution in [0.2, 0.25) is 10.0 Å². The van der Waals surface area contributed by atoms with Crippen LogP contribution in [-0.4, -0.2) is 13.4 Å². The van der Waals surface area contributed by atoms with Crippen molar-refractivity contribution in [3.63, 3.8) is 0 Å². The Morgan fingerprint density at radius 3 is 2.43 bits per heavy atom. The van der Waals surface area contributed by atoms with E-state index >= 15 is 0 Å². The van der Waals surface area contributed by atoms with Gasteiger partial charge in [-0.25, -0.2) is 4.99 Å². The van der Waals surface area contributed by atoms with Gasteiger partial charge in [0.2, 0.25) is 5.79 Å². The van der Waals surface area contributed by atoms with Crippen LogP contribution in [0.25, 0.3) is 11.1 Å². The Morgan fingerprint density at radius 1 is 1.17 bits per heavy atom. The SMILES string of the molecule is COc1cccc(-c2c(Cl)cc(C3(N)N=CNN3)cc2Cl)c1.N. The topological polar surface area (TPSA) is 107 Å². The van der Waals surface area contributed by atoms with Crippen LogP contribution in [0.4, 0.5) is 0 Å². The first kappa shape index (κ1) is 17.5. The lowest BCUT2D eigenvalue weighted by atomic mass is 10.0. The maximum Gasteiger partial charge on any atom is 0.206 e. The van der Waals surface area contributed by atoms with Crippen LogP contribution in [0.3, 0.4) is 0 Å². The average Bonchev–Trinajstić information content (AvgIpc) is 2.95. The molecule has 1 aliphatic heterocycles. The van der Waals surface area contributed by atoms with Gasteiger partial charge in [0, 0.05) is 11.1 Å². The van der Waals surface area contributed by atoms with Gasteiger partial charge in [-0.1, -0.05) is 35.3 Å². The number of hydrazine groups is 1. The Kier molecular flexibility index (Phi) is 5.13. The van der Waals surface area contributed by atoms with Crippen LogP contribution in [0.5, 0.6) is 5.75 Å². The molecule has 0 radical (unpaired) electrons. The summed E-state index contributed by atoms with van der Waals surface area (Å²) in [5, 5.41) is 0.981. The maximum atomic E-state index is 6.42. The number of rotatable bonds is 3. The second-order valence-corrected chi connectivity index (χ2v) is 5.66. The highest BCUT2D eigenvalue weighted by molar-refractivity contribution is 6.39. The minimum Gasteiger partial charge on any atom is -0.497 e.